The molecule has 0 atom stereocenters. The lowest BCUT2D eigenvalue weighted by molar-refractivity contribution is 0.410. The van der Waals surface area contributed by atoms with Gasteiger partial charge in [-0.1, -0.05) is 12.1 Å². The van der Waals surface area contributed by atoms with E-state index in [1.165, 1.54) is 12.1 Å². The fraction of sp³-hybridized carbons (Fsp3) is 0.0417. The minimum atomic E-state index is -3.30. The topological polar surface area (TPSA) is 107 Å². The van der Waals surface area contributed by atoms with Crippen LogP contribution < -0.4 is 9.47 Å². The first-order valence-corrected chi connectivity index (χ1v) is 11.9. The van der Waals surface area contributed by atoms with Crippen molar-refractivity contribution in [3.8, 4) is 34.6 Å². The minimum absolute atomic E-state index is 0.212. The number of hydrogen-bond acceptors (Lipinski definition) is 7. The highest BCUT2D eigenvalue weighted by Crippen LogP contribution is 2.38. The van der Waals surface area contributed by atoms with E-state index in [0.717, 1.165) is 11.8 Å². The van der Waals surface area contributed by atoms with Crippen LogP contribution in [-0.4, -0.2) is 34.6 Å². The second-order valence-electron chi connectivity index (χ2n) is 7.23. The Morgan fingerprint density at radius 2 is 1.55 bits per heavy atom. The number of imidazole rings is 1. The molecule has 0 saturated heterocycles. The molecule has 0 fully saturated rings. The molecule has 9 heteroatoms. The summed E-state index contributed by atoms with van der Waals surface area (Å²) in [7, 11) is -3.30. The molecule has 5 rings (SSSR count). The molecule has 164 valence electrons. The molecular weight excluding hydrogens is 440 g/mol. The van der Waals surface area contributed by atoms with Crippen LogP contribution >= 0.6 is 0 Å². The van der Waals surface area contributed by atoms with Gasteiger partial charge in [0.1, 0.15) is 11.4 Å². The Morgan fingerprint density at radius 3 is 2.21 bits per heavy atom. The van der Waals surface area contributed by atoms with Crippen molar-refractivity contribution in [2.24, 2.45) is 0 Å². The zero-order chi connectivity index (χ0) is 22.8. The number of nitrogens with one attached hydrogen (secondary N) is 1. The van der Waals surface area contributed by atoms with Gasteiger partial charge in [-0.15, -0.1) is 0 Å². The van der Waals surface area contributed by atoms with Gasteiger partial charge < -0.3 is 14.5 Å². The second-order valence-corrected chi connectivity index (χ2v) is 9.25. The molecule has 1 N–H and O–H groups in total. The van der Waals surface area contributed by atoms with Crippen molar-refractivity contribution in [1.29, 1.82) is 0 Å². The first-order chi connectivity index (χ1) is 16.0. The molecule has 0 aliphatic rings. The van der Waals surface area contributed by atoms with Crippen LogP contribution in [0.25, 0.3) is 22.6 Å². The smallest absolute Gasteiger partial charge is 0.219 e. The summed E-state index contributed by atoms with van der Waals surface area (Å²) in [4.78, 5) is 16.6. The highest BCUT2D eigenvalue weighted by atomic mass is 32.2. The summed E-state index contributed by atoms with van der Waals surface area (Å²) >= 11 is 0. The summed E-state index contributed by atoms with van der Waals surface area (Å²) in [6.07, 6.45) is 4.49. The molecule has 0 saturated carbocycles. The van der Waals surface area contributed by atoms with Gasteiger partial charge in [-0.2, -0.15) is 0 Å². The lowest BCUT2D eigenvalue weighted by Gasteiger charge is -2.12. The van der Waals surface area contributed by atoms with Crippen molar-refractivity contribution in [1.82, 2.24) is 19.9 Å². The van der Waals surface area contributed by atoms with Gasteiger partial charge in [0.05, 0.1) is 15.9 Å². The first-order valence-electron chi connectivity index (χ1n) is 9.98. The van der Waals surface area contributed by atoms with Crippen LogP contribution in [0.3, 0.4) is 0 Å². The monoisotopic (exact) mass is 458 g/mol. The Bertz CT molecular complexity index is 1520. The maximum atomic E-state index is 11.7. The molecule has 0 aliphatic heterocycles. The summed E-state index contributed by atoms with van der Waals surface area (Å²) in [5.74, 6) is 2.29. The normalized spacial score (nSPS) is 11.4. The van der Waals surface area contributed by atoms with Crippen molar-refractivity contribution in [3.63, 3.8) is 0 Å². The number of rotatable bonds is 6. The molecule has 0 amide bonds. The fourth-order valence-electron chi connectivity index (χ4n) is 3.20. The minimum Gasteiger partial charge on any atom is -0.453 e. The second kappa shape index (κ2) is 8.36. The van der Waals surface area contributed by atoms with Gasteiger partial charge in [-0.05, 0) is 42.5 Å². The molecule has 0 radical (unpaired) electrons. The number of benzene rings is 2. The molecule has 0 aliphatic carbocycles. The van der Waals surface area contributed by atoms with Crippen molar-refractivity contribution in [2.75, 3.05) is 6.26 Å². The number of ether oxygens (including phenoxy) is 2. The van der Waals surface area contributed by atoms with Gasteiger partial charge in [-0.3, -0.25) is 4.98 Å². The quantitative estimate of drug-likeness (QED) is 0.381. The van der Waals surface area contributed by atoms with Crippen molar-refractivity contribution in [2.45, 2.75) is 4.90 Å². The predicted molar refractivity (Wildman–Crippen MR) is 123 cm³/mol. The summed E-state index contributed by atoms with van der Waals surface area (Å²) in [6.45, 7) is 0. The lowest BCUT2D eigenvalue weighted by Crippen LogP contribution is -1.97. The Labute approximate surface area is 189 Å². The van der Waals surface area contributed by atoms with E-state index in [9.17, 15) is 8.42 Å². The number of nitrogens with zero attached hydrogens (tertiary/aromatic N) is 3. The molecule has 3 aromatic heterocycles. The Morgan fingerprint density at radius 1 is 0.818 bits per heavy atom. The Balaban J connectivity index is 1.56. The molecule has 0 bridgehead atoms. The van der Waals surface area contributed by atoms with Crippen molar-refractivity contribution in [3.05, 3.63) is 85.2 Å². The van der Waals surface area contributed by atoms with Gasteiger partial charge in [0.25, 0.3) is 0 Å². The van der Waals surface area contributed by atoms with E-state index in [2.05, 4.69) is 19.9 Å². The van der Waals surface area contributed by atoms with Crippen molar-refractivity contribution >= 4 is 20.9 Å². The number of sulfone groups is 1. The molecule has 33 heavy (non-hydrogen) atoms. The van der Waals surface area contributed by atoms with E-state index in [0.29, 0.717) is 40.2 Å². The highest BCUT2D eigenvalue weighted by molar-refractivity contribution is 7.90. The zero-order valence-corrected chi connectivity index (χ0v) is 18.3. The van der Waals surface area contributed by atoms with Gasteiger partial charge >= 0.3 is 0 Å². The van der Waals surface area contributed by atoms with Crippen molar-refractivity contribution < 1.29 is 17.9 Å². The number of pyridine rings is 2. The number of hydrogen-bond donors (Lipinski definition) is 1. The van der Waals surface area contributed by atoms with Crippen LogP contribution in [0.5, 0.6) is 23.1 Å². The van der Waals surface area contributed by atoms with Crippen LogP contribution in [0.2, 0.25) is 0 Å². The molecule has 3 heterocycles. The third-order valence-corrected chi connectivity index (χ3v) is 5.92. The maximum Gasteiger partial charge on any atom is 0.219 e. The van der Waals surface area contributed by atoms with Crippen LogP contribution in [0.15, 0.2) is 90.1 Å². The van der Waals surface area contributed by atoms with E-state index in [1.54, 1.807) is 48.8 Å². The van der Waals surface area contributed by atoms with Gasteiger partial charge in [0.15, 0.2) is 27.2 Å². The zero-order valence-electron chi connectivity index (χ0n) is 17.5. The number of fused-ring (bicyclic) bond motifs is 1. The van der Waals surface area contributed by atoms with E-state index < -0.39 is 9.84 Å². The number of aromatic amines is 1. The molecule has 2 aromatic carbocycles. The average molecular weight is 458 g/mol. The number of H-pyrrole nitrogens is 1. The predicted octanol–water partition coefficient (Wildman–Crippen LogP) is 5.01. The Kier molecular flexibility index (Phi) is 5.23. The average Bonchev–Trinajstić information content (AvgIpc) is 3.23. The molecule has 8 nitrogen and oxygen atoms in total. The highest BCUT2D eigenvalue weighted by Gasteiger charge is 2.15. The number of aromatic nitrogens is 4. The molecule has 5 aromatic rings. The van der Waals surface area contributed by atoms with E-state index in [1.807, 2.05) is 24.3 Å². The summed E-state index contributed by atoms with van der Waals surface area (Å²) in [6, 6.07) is 20.7. The SMILES string of the molecule is CS(=O)(=O)c1ccc(Oc2cc3[nH]c(-c4ccccn4)nc3cc2Oc2ccccn2)cc1. The van der Waals surface area contributed by atoms with Gasteiger partial charge in [-0.25, -0.2) is 18.4 Å². The van der Waals surface area contributed by atoms with E-state index in [-0.39, 0.29) is 4.90 Å². The summed E-state index contributed by atoms with van der Waals surface area (Å²) in [5.41, 5.74) is 2.10. The first kappa shape index (κ1) is 20.7. The molecule has 0 spiro atoms. The fourth-order valence-corrected chi connectivity index (χ4v) is 3.83. The molecule has 0 unspecified atom stereocenters. The van der Waals surface area contributed by atoms with Crippen LogP contribution in [-0.2, 0) is 9.84 Å². The van der Waals surface area contributed by atoms with Gasteiger partial charge in [0, 0.05) is 36.8 Å². The Hall–Kier alpha value is -4.24. The lowest BCUT2D eigenvalue weighted by atomic mass is 10.2. The van der Waals surface area contributed by atoms with E-state index >= 15 is 0 Å². The largest absolute Gasteiger partial charge is 0.453 e. The van der Waals surface area contributed by atoms with Gasteiger partial charge in [0.2, 0.25) is 5.88 Å². The standard InChI is InChI=1S/C24H18N4O4S/c1-33(29,30)17-10-8-16(9-11-17)31-21-14-19-20(15-22(21)32-23-7-3-5-13-26-23)28-24(27-19)18-6-2-4-12-25-18/h2-15H,1H3,(H,27,28). The summed E-state index contributed by atoms with van der Waals surface area (Å²) < 4.78 is 35.5. The third-order valence-electron chi connectivity index (χ3n) is 4.79. The third kappa shape index (κ3) is 4.53. The maximum absolute atomic E-state index is 11.7. The molecular formula is C24H18N4O4S. The summed E-state index contributed by atoms with van der Waals surface area (Å²) in [5, 5.41) is 0. The van der Waals surface area contributed by atoms with Crippen LogP contribution in [0.1, 0.15) is 0 Å². The van der Waals surface area contributed by atoms with Crippen LogP contribution in [0.4, 0.5) is 0 Å². The van der Waals surface area contributed by atoms with E-state index in [4.69, 9.17) is 9.47 Å². The van der Waals surface area contributed by atoms with Crippen LogP contribution in [0, 0.1) is 0 Å².